The number of aldehydes is 1. The molecule has 43 heavy (non-hydrogen) atoms. The summed E-state index contributed by atoms with van der Waals surface area (Å²) < 4.78 is 10.7. The quantitative estimate of drug-likeness (QED) is 0.144. The van der Waals surface area contributed by atoms with Crippen LogP contribution in [0.1, 0.15) is 49.2 Å². The molecule has 0 radical (unpaired) electrons. The zero-order valence-corrected chi connectivity index (χ0v) is 25.4. The molecule has 0 amide bonds. The van der Waals surface area contributed by atoms with Crippen molar-refractivity contribution in [2.24, 2.45) is 21.5 Å². The van der Waals surface area contributed by atoms with Gasteiger partial charge in [-0.1, -0.05) is 36.4 Å². The van der Waals surface area contributed by atoms with Crippen molar-refractivity contribution in [2.45, 2.75) is 51.9 Å². The summed E-state index contributed by atoms with van der Waals surface area (Å²) in [7, 11) is 0. The van der Waals surface area contributed by atoms with Gasteiger partial charge in [0.2, 0.25) is 0 Å². The van der Waals surface area contributed by atoms with Crippen molar-refractivity contribution in [3.8, 4) is 17.2 Å². The normalized spacial score (nSPS) is 13.7. The molecule has 3 rings (SSSR count). The fourth-order valence-electron chi connectivity index (χ4n) is 3.13. The third kappa shape index (κ3) is 17.5. The molecule has 0 saturated carbocycles. The average molecular weight is 595 g/mol. The number of rotatable bonds is 13. The molecule has 7 N–H and O–H groups in total. The number of benzene rings is 3. The first kappa shape index (κ1) is 36.9. The Morgan fingerprint density at radius 2 is 0.930 bits per heavy atom. The van der Waals surface area contributed by atoms with E-state index in [1.165, 1.54) is 6.07 Å². The van der Waals surface area contributed by atoms with Gasteiger partial charge >= 0.3 is 0 Å². The molecule has 3 aromatic carbocycles. The first-order valence-corrected chi connectivity index (χ1v) is 14.1. The van der Waals surface area contributed by atoms with Gasteiger partial charge < -0.3 is 36.3 Å². The minimum atomic E-state index is -0.0195. The highest BCUT2D eigenvalue weighted by atomic mass is 16.5. The molecule has 3 aromatic rings. The standard InChI is InChI=1S/C20H24N2O3.C7H6O2.C6H16N2O/c1-15(21-11-17-7-3-5-9-19(17)23)13-25-14-16(2)22-12-18-8-4-6-10-20(18)24;8-5-6-3-1-2-4-7(6)9;1-5(7)3-9-4-6(2)8/h3-12,15-16,23-24H,13-14H2,1-2H3;1-5,9H;5-6H,3-4,7-8H2,1-2H3. The van der Waals surface area contributed by atoms with Crippen molar-refractivity contribution in [2.75, 3.05) is 26.4 Å². The number of carbonyl (C=O) groups excluding carboxylic acids is 1. The predicted octanol–water partition coefficient (Wildman–Crippen LogP) is 4.33. The van der Waals surface area contributed by atoms with Crippen LogP contribution in [0.5, 0.6) is 17.2 Å². The lowest BCUT2D eigenvalue weighted by atomic mass is 10.2. The molecule has 0 heterocycles. The van der Waals surface area contributed by atoms with Gasteiger partial charge in [-0.2, -0.15) is 0 Å². The monoisotopic (exact) mass is 594 g/mol. The molecule has 0 aromatic heterocycles. The zero-order chi connectivity index (χ0) is 32.0. The first-order valence-electron chi connectivity index (χ1n) is 14.1. The Kier molecular flexibility index (Phi) is 18.5. The van der Waals surface area contributed by atoms with Gasteiger partial charge in [-0.15, -0.1) is 0 Å². The van der Waals surface area contributed by atoms with E-state index in [1.54, 1.807) is 54.9 Å². The average Bonchev–Trinajstić information content (AvgIpc) is 2.97. The highest BCUT2D eigenvalue weighted by Crippen LogP contribution is 2.14. The van der Waals surface area contributed by atoms with Gasteiger partial charge in [-0.05, 0) is 64.1 Å². The second kappa shape index (κ2) is 21.6. The molecule has 10 nitrogen and oxygen atoms in total. The molecule has 0 bridgehead atoms. The van der Waals surface area contributed by atoms with Crippen LogP contribution in [0.3, 0.4) is 0 Å². The summed E-state index contributed by atoms with van der Waals surface area (Å²) in [6.45, 7) is 9.85. The van der Waals surface area contributed by atoms with Crippen LogP contribution in [0.4, 0.5) is 0 Å². The van der Waals surface area contributed by atoms with E-state index in [0.29, 0.717) is 49.4 Å². The summed E-state index contributed by atoms with van der Waals surface area (Å²) in [5.74, 6) is 0.463. The predicted molar refractivity (Wildman–Crippen MR) is 173 cm³/mol. The number of hydrogen-bond donors (Lipinski definition) is 5. The number of nitrogens with two attached hydrogens (primary N) is 2. The van der Waals surface area contributed by atoms with Crippen molar-refractivity contribution >= 4 is 18.7 Å². The van der Waals surface area contributed by atoms with E-state index in [0.717, 1.165) is 0 Å². The smallest absolute Gasteiger partial charge is 0.153 e. The van der Waals surface area contributed by atoms with Gasteiger partial charge in [0.1, 0.15) is 17.2 Å². The fourth-order valence-corrected chi connectivity index (χ4v) is 3.13. The van der Waals surface area contributed by atoms with Gasteiger partial charge in [0.05, 0.1) is 44.1 Å². The van der Waals surface area contributed by atoms with Crippen LogP contribution in [-0.2, 0) is 9.47 Å². The molecule has 0 aliphatic carbocycles. The van der Waals surface area contributed by atoms with Gasteiger partial charge in [0, 0.05) is 35.6 Å². The van der Waals surface area contributed by atoms with E-state index in [-0.39, 0.29) is 41.4 Å². The number of para-hydroxylation sites is 3. The first-order chi connectivity index (χ1) is 20.5. The summed E-state index contributed by atoms with van der Waals surface area (Å²) in [6.07, 6.45) is 3.93. The minimum absolute atomic E-state index is 0.0195. The third-order valence-corrected chi connectivity index (χ3v) is 5.35. The lowest BCUT2D eigenvalue weighted by molar-refractivity contribution is 0.112. The fraction of sp³-hybridized carbons (Fsp3) is 0.364. The van der Waals surface area contributed by atoms with Crippen LogP contribution in [0.2, 0.25) is 0 Å². The Bertz CT molecular complexity index is 1180. The lowest BCUT2D eigenvalue weighted by Crippen LogP contribution is -2.27. The van der Waals surface area contributed by atoms with Gasteiger partial charge in [-0.25, -0.2) is 0 Å². The molecule has 0 saturated heterocycles. The maximum absolute atomic E-state index is 10.1. The van der Waals surface area contributed by atoms with E-state index in [1.807, 2.05) is 52.0 Å². The number of carbonyl (C=O) groups is 1. The number of nitrogens with zero attached hydrogens (tertiary/aromatic N) is 2. The lowest BCUT2D eigenvalue weighted by Gasteiger charge is -2.10. The molecular formula is C33H46N4O6. The highest BCUT2D eigenvalue weighted by molar-refractivity contribution is 5.83. The largest absolute Gasteiger partial charge is 0.507 e. The number of aliphatic imine (C=N–C) groups is 2. The summed E-state index contributed by atoms with van der Waals surface area (Å²) in [6, 6.07) is 20.7. The highest BCUT2D eigenvalue weighted by Gasteiger charge is 2.04. The van der Waals surface area contributed by atoms with Crippen LogP contribution < -0.4 is 11.5 Å². The van der Waals surface area contributed by atoms with Crippen LogP contribution in [0.25, 0.3) is 0 Å². The number of phenolic OH excluding ortho intramolecular Hbond substituents is 3. The molecule has 234 valence electrons. The number of ether oxygens (including phenoxy) is 2. The summed E-state index contributed by atoms with van der Waals surface area (Å²) in [4.78, 5) is 18.8. The van der Waals surface area contributed by atoms with Gasteiger partial charge in [-0.3, -0.25) is 14.8 Å². The molecule has 0 spiro atoms. The van der Waals surface area contributed by atoms with Crippen LogP contribution in [-0.4, -0.2) is 84.6 Å². The van der Waals surface area contributed by atoms with E-state index in [9.17, 15) is 15.0 Å². The molecule has 10 heteroatoms. The third-order valence-electron chi connectivity index (χ3n) is 5.35. The maximum Gasteiger partial charge on any atom is 0.153 e. The number of hydrogen-bond acceptors (Lipinski definition) is 10. The van der Waals surface area contributed by atoms with Crippen molar-refractivity contribution in [1.29, 1.82) is 0 Å². The van der Waals surface area contributed by atoms with Crippen LogP contribution in [0.15, 0.2) is 82.8 Å². The van der Waals surface area contributed by atoms with Crippen LogP contribution >= 0.6 is 0 Å². The van der Waals surface area contributed by atoms with Crippen molar-refractivity contribution in [3.05, 3.63) is 89.5 Å². The van der Waals surface area contributed by atoms with Crippen molar-refractivity contribution in [3.63, 3.8) is 0 Å². The minimum Gasteiger partial charge on any atom is -0.507 e. The van der Waals surface area contributed by atoms with Crippen molar-refractivity contribution < 1.29 is 29.6 Å². The van der Waals surface area contributed by atoms with Crippen molar-refractivity contribution in [1.82, 2.24) is 0 Å². The number of aromatic hydroxyl groups is 3. The molecule has 4 unspecified atom stereocenters. The molecule has 0 aliphatic rings. The summed E-state index contributed by atoms with van der Waals surface area (Å²) >= 11 is 0. The Labute approximate surface area is 254 Å². The second-order valence-electron chi connectivity index (χ2n) is 10.1. The maximum atomic E-state index is 10.1. The second-order valence-corrected chi connectivity index (χ2v) is 10.1. The Hall–Kier alpha value is -4.09. The van der Waals surface area contributed by atoms with E-state index in [4.69, 9.17) is 26.0 Å². The Morgan fingerprint density at radius 3 is 1.23 bits per heavy atom. The Morgan fingerprint density at radius 1 is 0.605 bits per heavy atom. The van der Waals surface area contributed by atoms with Crippen LogP contribution in [0, 0.1) is 0 Å². The molecule has 0 aliphatic heterocycles. The summed E-state index contributed by atoms with van der Waals surface area (Å²) in [5.41, 5.74) is 12.5. The van der Waals surface area contributed by atoms with Gasteiger partial charge in [0.25, 0.3) is 0 Å². The van der Waals surface area contributed by atoms with Gasteiger partial charge in [0.15, 0.2) is 6.29 Å². The van der Waals surface area contributed by atoms with E-state index < -0.39 is 0 Å². The Balaban J connectivity index is 0.000000418. The SMILES string of the molecule is CC(COCC(C)N=Cc1ccccc1O)N=Cc1ccccc1O.CC(N)COCC(C)N.O=Cc1ccccc1O. The zero-order valence-electron chi connectivity index (χ0n) is 25.4. The molecule has 4 atom stereocenters. The van der Waals surface area contributed by atoms with E-state index in [2.05, 4.69) is 9.98 Å². The molecule has 0 fully saturated rings. The number of phenols is 3. The topological polar surface area (TPSA) is 173 Å². The molecular weight excluding hydrogens is 548 g/mol. The summed E-state index contributed by atoms with van der Waals surface area (Å²) in [5, 5.41) is 28.3. The van der Waals surface area contributed by atoms with E-state index >= 15 is 0 Å².